The normalized spacial score (nSPS) is 10.4. The van der Waals surface area contributed by atoms with Crippen molar-refractivity contribution in [1.82, 2.24) is 0 Å². The molecule has 0 bridgehead atoms. The molecule has 0 aliphatic carbocycles. The summed E-state index contributed by atoms with van der Waals surface area (Å²) in [7, 11) is 0. The van der Waals surface area contributed by atoms with Crippen molar-refractivity contribution in [2.45, 2.75) is 46.5 Å². The second-order valence-corrected chi connectivity index (χ2v) is 4.24. The van der Waals surface area contributed by atoms with E-state index >= 15 is 0 Å². The molecule has 0 spiro atoms. The lowest BCUT2D eigenvalue weighted by Crippen LogP contribution is -2.19. The summed E-state index contributed by atoms with van der Waals surface area (Å²) in [6.45, 7) is 5.79. The molecule has 0 saturated heterocycles. The average Bonchev–Trinajstić information content (AvgIpc) is 2.28. The van der Waals surface area contributed by atoms with Crippen molar-refractivity contribution < 1.29 is 13.9 Å². The fourth-order valence-corrected chi connectivity index (χ4v) is 1.79. The van der Waals surface area contributed by atoms with Crippen LogP contribution in [0.3, 0.4) is 0 Å². The molecule has 100 valence electrons. The monoisotopic (exact) mass is 252 g/mol. The minimum absolute atomic E-state index is 0.0103. The first-order chi connectivity index (χ1) is 8.60. The molecule has 0 unspecified atom stereocenters. The van der Waals surface area contributed by atoms with Gasteiger partial charge in [-0.1, -0.05) is 19.8 Å². The molecular weight excluding hydrogens is 232 g/mol. The summed E-state index contributed by atoms with van der Waals surface area (Å²) in [5.41, 5.74) is 0.0345. The van der Waals surface area contributed by atoms with Gasteiger partial charge in [0.15, 0.2) is 0 Å². The first kappa shape index (κ1) is 14.5. The van der Waals surface area contributed by atoms with E-state index in [4.69, 9.17) is 9.15 Å². The quantitative estimate of drug-likeness (QED) is 0.577. The third-order valence-electron chi connectivity index (χ3n) is 2.71. The topological polar surface area (TPSA) is 56.5 Å². The number of esters is 1. The van der Waals surface area contributed by atoms with E-state index in [2.05, 4.69) is 6.92 Å². The molecule has 0 aliphatic heterocycles. The van der Waals surface area contributed by atoms with Gasteiger partial charge in [0.1, 0.15) is 11.3 Å². The number of ether oxygens (including phenoxy) is 1. The van der Waals surface area contributed by atoms with Crippen molar-refractivity contribution in [2.24, 2.45) is 0 Å². The van der Waals surface area contributed by atoms with Crippen LogP contribution in [0.4, 0.5) is 0 Å². The summed E-state index contributed by atoms with van der Waals surface area (Å²) in [6.07, 6.45) is 3.93. The van der Waals surface area contributed by atoms with Crippen LogP contribution in [0.5, 0.6) is 0 Å². The van der Waals surface area contributed by atoms with E-state index in [-0.39, 0.29) is 12.2 Å². The maximum Gasteiger partial charge on any atom is 0.350 e. The van der Waals surface area contributed by atoms with E-state index in [1.54, 1.807) is 19.9 Å². The minimum Gasteiger partial charge on any atom is -0.462 e. The molecule has 0 saturated carbocycles. The number of unbranched alkanes of at least 4 members (excludes halogenated alkanes) is 2. The van der Waals surface area contributed by atoms with E-state index < -0.39 is 11.6 Å². The van der Waals surface area contributed by atoms with Crippen molar-refractivity contribution in [1.29, 1.82) is 0 Å². The largest absolute Gasteiger partial charge is 0.462 e. The highest BCUT2D eigenvalue weighted by molar-refractivity contribution is 5.90. The third-order valence-corrected chi connectivity index (χ3v) is 2.71. The summed E-state index contributed by atoms with van der Waals surface area (Å²) >= 11 is 0. The van der Waals surface area contributed by atoms with Crippen LogP contribution in [0.25, 0.3) is 0 Å². The average molecular weight is 252 g/mol. The number of hydrogen-bond donors (Lipinski definition) is 0. The maximum absolute atomic E-state index is 11.7. The molecule has 1 aromatic rings. The van der Waals surface area contributed by atoms with Crippen molar-refractivity contribution in [2.75, 3.05) is 6.61 Å². The SMILES string of the molecule is CCCCCc1cc(C)c(C(=O)OCC)c(=O)o1. The van der Waals surface area contributed by atoms with Crippen LogP contribution in [0, 0.1) is 6.92 Å². The smallest absolute Gasteiger partial charge is 0.350 e. The van der Waals surface area contributed by atoms with Crippen LogP contribution in [0.2, 0.25) is 0 Å². The van der Waals surface area contributed by atoms with Crippen molar-refractivity contribution in [3.63, 3.8) is 0 Å². The highest BCUT2D eigenvalue weighted by Gasteiger charge is 2.17. The van der Waals surface area contributed by atoms with E-state index in [1.165, 1.54) is 0 Å². The van der Waals surface area contributed by atoms with E-state index in [0.29, 0.717) is 11.3 Å². The number of rotatable bonds is 6. The van der Waals surface area contributed by atoms with Crippen LogP contribution < -0.4 is 5.63 Å². The fourth-order valence-electron chi connectivity index (χ4n) is 1.79. The number of carbonyl (C=O) groups excluding carboxylic acids is 1. The Morgan fingerprint density at radius 2 is 2.06 bits per heavy atom. The Labute approximate surface area is 107 Å². The fraction of sp³-hybridized carbons (Fsp3) is 0.571. The lowest BCUT2D eigenvalue weighted by molar-refractivity contribution is 0.0520. The zero-order chi connectivity index (χ0) is 13.5. The summed E-state index contributed by atoms with van der Waals surface area (Å²) < 4.78 is 9.98. The van der Waals surface area contributed by atoms with Gasteiger partial charge in [-0.05, 0) is 31.9 Å². The van der Waals surface area contributed by atoms with Crippen molar-refractivity contribution in [3.8, 4) is 0 Å². The maximum atomic E-state index is 11.7. The Morgan fingerprint density at radius 3 is 2.61 bits per heavy atom. The first-order valence-electron chi connectivity index (χ1n) is 6.40. The lowest BCUT2D eigenvalue weighted by atomic mass is 10.1. The predicted molar refractivity (Wildman–Crippen MR) is 68.9 cm³/mol. The molecule has 0 amide bonds. The van der Waals surface area contributed by atoms with Crippen LogP contribution in [-0.4, -0.2) is 12.6 Å². The van der Waals surface area contributed by atoms with Crippen LogP contribution in [-0.2, 0) is 11.2 Å². The molecule has 0 atom stereocenters. The second kappa shape index (κ2) is 6.99. The second-order valence-electron chi connectivity index (χ2n) is 4.24. The number of carbonyl (C=O) groups is 1. The van der Waals surface area contributed by atoms with Gasteiger partial charge in [-0.25, -0.2) is 9.59 Å². The zero-order valence-electron chi connectivity index (χ0n) is 11.2. The van der Waals surface area contributed by atoms with Gasteiger partial charge in [0.2, 0.25) is 0 Å². The van der Waals surface area contributed by atoms with Gasteiger partial charge in [-0.2, -0.15) is 0 Å². The molecule has 0 fully saturated rings. The van der Waals surface area contributed by atoms with Gasteiger partial charge in [-0.3, -0.25) is 0 Å². The Hall–Kier alpha value is -1.58. The van der Waals surface area contributed by atoms with Gasteiger partial charge >= 0.3 is 11.6 Å². The summed E-state index contributed by atoms with van der Waals surface area (Å²) in [4.78, 5) is 23.3. The Morgan fingerprint density at radius 1 is 1.33 bits per heavy atom. The molecule has 0 radical (unpaired) electrons. The molecule has 18 heavy (non-hydrogen) atoms. The van der Waals surface area contributed by atoms with Crippen molar-refractivity contribution >= 4 is 5.97 Å². The zero-order valence-corrected chi connectivity index (χ0v) is 11.2. The Balaban J connectivity index is 2.91. The lowest BCUT2D eigenvalue weighted by Gasteiger charge is -2.06. The van der Waals surface area contributed by atoms with E-state index in [0.717, 1.165) is 25.7 Å². The highest BCUT2D eigenvalue weighted by Crippen LogP contribution is 2.11. The molecule has 0 aromatic carbocycles. The van der Waals surface area contributed by atoms with Gasteiger partial charge in [0, 0.05) is 6.42 Å². The van der Waals surface area contributed by atoms with Gasteiger partial charge in [-0.15, -0.1) is 0 Å². The van der Waals surface area contributed by atoms with E-state index in [9.17, 15) is 9.59 Å². The number of hydrogen-bond acceptors (Lipinski definition) is 4. The highest BCUT2D eigenvalue weighted by atomic mass is 16.5. The van der Waals surface area contributed by atoms with Gasteiger partial charge in [0.25, 0.3) is 0 Å². The Kier molecular flexibility index (Phi) is 5.62. The Bertz CT molecular complexity index is 459. The van der Waals surface area contributed by atoms with Gasteiger partial charge < -0.3 is 9.15 Å². The van der Waals surface area contributed by atoms with Gasteiger partial charge in [0.05, 0.1) is 6.61 Å². The number of aryl methyl sites for hydroxylation is 2. The molecular formula is C14H20O4. The van der Waals surface area contributed by atoms with E-state index in [1.807, 2.05) is 0 Å². The molecule has 4 nitrogen and oxygen atoms in total. The molecule has 1 rings (SSSR count). The predicted octanol–water partition coefficient (Wildman–Crippen LogP) is 2.86. The molecule has 1 heterocycles. The van der Waals surface area contributed by atoms with Crippen LogP contribution in [0.15, 0.2) is 15.3 Å². The summed E-state index contributed by atoms with van der Waals surface area (Å²) in [5, 5.41) is 0. The minimum atomic E-state index is -0.608. The molecule has 1 aromatic heterocycles. The summed E-state index contributed by atoms with van der Waals surface area (Å²) in [6, 6.07) is 1.75. The third kappa shape index (κ3) is 3.72. The standard InChI is InChI=1S/C14H20O4/c1-4-6-7-8-11-9-10(3)12(14(16)18-11)13(15)17-5-2/h9H,4-8H2,1-3H3. The van der Waals surface area contributed by atoms with Crippen molar-refractivity contribution in [3.05, 3.63) is 33.4 Å². The molecule has 0 N–H and O–H groups in total. The molecule has 0 aliphatic rings. The molecule has 4 heteroatoms. The van der Waals surface area contributed by atoms with Crippen LogP contribution >= 0.6 is 0 Å². The first-order valence-corrected chi connectivity index (χ1v) is 6.40. The van der Waals surface area contributed by atoms with Crippen LogP contribution in [0.1, 0.15) is 54.8 Å². The summed E-state index contributed by atoms with van der Waals surface area (Å²) in [5.74, 6) is 0.0304.